The van der Waals surface area contributed by atoms with Crippen LogP contribution in [0.15, 0.2) is 0 Å². The lowest BCUT2D eigenvalue weighted by atomic mass is 9.88. The smallest absolute Gasteiger partial charge is 0.323 e. The molecule has 1 fully saturated rings. The Bertz CT molecular complexity index is 243. The first-order valence-electron chi connectivity index (χ1n) is 6.10. The molecule has 0 aliphatic carbocycles. The summed E-state index contributed by atoms with van der Waals surface area (Å²) in [6.45, 7) is 4.70. The fraction of sp³-hybridized carbons (Fsp3) is 0.917. The van der Waals surface area contributed by atoms with Crippen LogP contribution in [-0.2, 0) is 4.79 Å². The maximum atomic E-state index is 11.3. The van der Waals surface area contributed by atoms with Gasteiger partial charge in [0.2, 0.25) is 0 Å². The molecule has 0 aromatic heterocycles. The van der Waals surface area contributed by atoms with Gasteiger partial charge >= 0.3 is 5.97 Å². The Morgan fingerprint density at radius 3 is 2.69 bits per heavy atom. The van der Waals surface area contributed by atoms with Crippen LogP contribution in [0.2, 0.25) is 0 Å². The molecule has 0 radical (unpaired) electrons. The molecule has 1 rings (SSSR count). The number of aliphatic carboxylic acids is 1. The number of carboxylic acids is 1. The van der Waals surface area contributed by atoms with E-state index in [1.54, 1.807) is 0 Å². The van der Waals surface area contributed by atoms with Gasteiger partial charge in [0.25, 0.3) is 0 Å². The summed E-state index contributed by atoms with van der Waals surface area (Å²) in [5.41, 5.74) is -0.634. The number of carboxylic acid groups (broad SMARTS) is 1. The van der Waals surface area contributed by atoms with Crippen molar-refractivity contribution in [2.24, 2.45) is 0 Å². The van der Waals surface area contributed by atoms with E-state index in [-0.39, 0.29) is 0 Å². The molecular weight excluding hydrogens is 204 g/mol. The highest BCUT2D eigenvalue weighted by atomic mass is 16.4. The van der Waals surface area contributed by atoms with Gasteiger partial charge < -0.3 is 10.0 Å². The lowest BCUT2D eigenvalue weighted by Gasteiger charge is -2.41. The van der Waals surface area contributed by atoms with Gasteiger partial charge in [-0.05, 0) is 59.8 Å². The van der Waals surface area contributed by atoms with E-state index in [9.17, 15) is 9.90 Å². The van der Waals surface area contributed by atoms with Crippen molar-refractivity contribution in [2.75, 3.05) is 33.7 Å². The van der Waals surface area contributed by atoms with Gasteiger partial charge in [-0.2, -0.15) is 0 Å². The quantitative estimate of drug-likeness (QED) is 0.769. The Balaban J connectivity index is 2.51. The average molecular weight is 228 g/mol. The fourth-order valence-electron chi connectivity index (χ4n) is 2.36. The molecule has 0 bridgehead atoms. The van der Waals surface area contributed by atoms with Crippen molar-refractivity contribution in [3.05, 3.63) is 0 Å². The number of rotatable bonds is 5. The molecule has 0 aromatic rings. The molecule has 1 atom stereocenters. The van der Waals surface area contributed by atoms with E-state index in [0.717, 1.165) is 45.3 Å². The molecular formula is C12H24N2O2. The maximum absolute atomic E-state index is 11.3. The van der Waals surface area contributed by atoms with Gasteiger partial charge in [-0.15, -0.1) is 0 Å². The largest absolute Gasteiger partial charge is 0.480 e. The number of carbonyl (C=O) groups is 1. The Labute approximate surface area is 98.2 Å². The van der Waals surface area contributed by atoms with Crippen molar-refractivity contribution in [3.8, 4) is 0 Å². The number of hydrogen-bond donors (Lipinski definition) is 1. The minimum atomic E-state index is -0.669. The molecule has 4 nitrogen and oxygen atoms in total. The Hall–Kier alpha value is -0.610. The lowest BCUT2D eigenvalue weighted by Crippen LogP contribution is -2.55. The fourth-order valence-corrected chi connectivity index (χ4v) is 2.36. The third-order valence-electron chi connectivity index (χ3n) is 3.53. The Morgan fingerprint density at radius 2 is 2.12 bits per heavy atom. The molecule has 1 unspecified atom stereocenters. The van der Waals surface area contributed by atoms with Crippen LogP contribution in [0.1, 0.15) is 32.6 Å². The molecule has 94 valence electrons. The van der Waals surface area contributed by atoms with Crippen LogP contribution in [0.25, 0.3) is 0 Å². The Kier molecular flexibility index (Phi) is 4.74. The molecule has 0 amide bonds. The van der Waals surface area contributed by atoms with E-state index < -0.39 is 11.5 Å². The summed E-state index contributed by atoms with van der Waals surface area (Å²) >= 11 is 0. The summed E-state index contributed by atoms with van der Waals surface area (Å²) in [5.74, 6) is -0.669. The molecule has 1 heterocycles. The van der Waals surface area contributed by atoms with Crippen LogP contribution in [0.3, 0.4) is 0 Å². The van der Waals surface area contributed by atoms with E-state index in [2.05, 4.69) is 9.80 Å². The molecule has 1 aliphatic rings. The van der Waals surface area contributed by atoms with Gasteiger partial charge in [0.05, 0.1) is 0 Å². The van der Waals surface area contributed by atoms with E-state index in [4.69, 9.17) is 0 Å². The van der Waals surface area contributed by atoms with Crippen LogP contribution >= 0.6 is 0 Å². The highest BCUT2D eigenvalue weighted by molar-refractivity contribution is 5.78. The minimum absolute atomic E-state index is 0.634. The lowest BCUT2D eigenvalue weighted by molar-refractivity contribution is -0.152. The zero-order chi connectivity index (χ0) is 12.2. The summed E-state index contributed by atoms with van der Waals surface area (Å²) in [6, 6.07) is 0. The second-order valence-corrected chi connectivity index (χ2v) is 5.18. The van der Waals surface area contributed by atoms with Crippen LogP contribution in [0.5, 0.6) is 0 Å². The van der Waals surface area contributed by atoms with E-state index in [0.29, 0.717) is 0 Å². The monoisotopic (exact) mass is 228 g/mol. The van der Waals surface area contributed by atoms with Gasteiger partial charge in [-0.1, -0.05) is 0 Å². The third kappa shape index (κ3) is 3.19. The summed E-state index contributed by atoms with van der Waals surface area (Å²) in [5, 5.41) is 9.32. The van der Waals surface area contributed by atoms with Gasteiger partial charge in [0, 0.05) is 6.54 Å². The van der Waals surface area contributed by atoms with Crippen LogP contribution in [0.4, 0.5) is 0 Å². The normalized spacial score (nSPS) is 27.2. The van der Waals surface area contributed by atoms with Crippen molar-refractivity contribution in [1.82, 2.24) is 9.80 Å². The first kappa shape index (κ1) is 13.5. The van der Waals surface area contributed by atoms with Gasteiger partial charge in [-0.25, -0.2) is 0 Å². The number of likely N-dealkylation sites (tertiary alicyclic amines) is 1. The number of hydrogen-bond acceptors (Lipinski definition) is 3. The second-order valence-electron chi connectivity index (χ2n) is 5.18. The molecule has 0 aromatic carbocycles. The SMILES string of the molecule is CN(C)CCCN1CCCCC1(C)C(=O)O. The van der Waals surface area contributed by atoms with Crippen molar-refractivity contribution in [1.29, 1.82) is 0 Å². The molecule has 0 spiro atoms. The van der Waals surface area contributed by atoms with Crippen molar-refractivity contribution >= 4 is 5.97 Å². The molecule has 1 saturated heterocycles. The number of piperidine rings is 1. The molecule has 4 heteroatoms. The summed E-state index contributed by atoms with van der Waals surface area (Å²) < 4.78 is 0. The zero-order valence-corrected chi connectivity index (χ0v) is 10.7. The zero-order valence-electron chi connectivity index (χ0n) is 10.7. The molecule has 16 heavy (non-hydrogen) atoms. The van der Waals surface area contributed by atoms with Crippen LogP contribution in [-0.4, -0.2) is 60.1 Å². The van der Waals surface area contributed by atoms with E-state index >= 15 is 0 Å². The van der Waals surface area contributed by atoms with E-state index in [1.165, 1.54) is 0 Å². The van der Waals surface area contributed by atoms with Gasteiger partial charge in [0.15, 0.2) is 0 Å². The molecule has 1 N–H and O–H groups in total. The molecule has 1 aliphatic heterocycles. The van der Waals surface area contributed by atoms with Crippen molar-refractivity contribution < 1.29 is 9.90 Å². The number of nitrogens with zero attached hydrogens (tertiary/aromatic N) is 2. The highest BCUT2D eigenvalue weighted by Gasteiger charge is 2.40. The van der Waals surface area contributed by atoms with Gasteiger partial charge in [-0.3, -0.25) is 9.69 Å². The summed E-state index contributed by atoms with van der Waals surface area (Å²) in [6.07, 6.45) is 3.98. The predicted octanol–water partition coefficient (Wildman–Crippen LogP) is 1.27. The first-order valence-corrected chi connectivity index (χ1v) is 6.10. The minimum Gasteiger partial charge on any atom is -0.480 e. The van der Waals surface area contributed by atoms with Crippen LogP contribution in [0, 0.1) is 0 Å². The van der Waals surface area contributed by atoms with Crippen molar-refractivity contribution in [2.45, 2.75) is 38.1 Å². The highest BCUT2D eigenvalue weighted by Crippen LogP contribution is 2.28. The third-order valence-corrected chi connectivity index (χ3v) is 3.53. The maximum Gasteiger partial charge on any atom is 0.323 e. The second kappa shape index (κ2) is 5.64. The summed E-state index contributed by atoms with van der Waals surface area (Å²) in [7, 11) is 4.10. The topological polar surface area (TPSA) is 43.8 Å². The first-order chi connectivity index (χ1) is 7.47. The average Bonchev–Trinajstić information content (AvgIpc) is 2.20. The van der Waals surface area contributed by atoms with Crippen molar-refractivity contribution in [3.63, 3.8) is 0 Å². The summed E-state index contributed by atoms with van der Waals surface area (Å²) in [4.78, 5) is 15.6. The standard InChI is InChI=1S/C12H24N2O2/c1-12(11(15)16)7-4-5-9-14(12)10-6-8-13(2)3/h4-10H2,1-3H3,(H,15,16). The Morgan fingerprint density at radius 1 is 1.44 bits per heavy atom. The molecule has 0 saturated carbocycles. The van der Waals surface area contributed by atoms with E-state index in [1.807, 2.05) is 21.0 Å². The predicted molar refractivity (Wildman–Crippen MR) is 64.6 cm³/mol. The van der Waals surface area contributed by atoms with Crippen LogP contribution < -0.4 is 0 Å². The van der Waals surface area contributed by atoms with Gasteiger partial charge in [0.1, 0.15) is 5.54 Å².